The molecular formula is C37H39N3O5. The molecule has 0 N–H and O–H groups in total. The monoisotopic (exact) mass is 605 g/mol. The van der Waals surface area contributed by atoms with Crippen molar-refractivity contribution >= 4 is 23.3 Å². The zero-order valence-electron chi connectivity index (χ0n) is 25.6. The Morgan fingerprint density at radius 3 is 2.20 bits per heavy atom. The summed E-state index contributed by atoms with van der Waals surface area (Å²) in [6, 6.07) is 34.9. The Kier molecular flexibility index (Phi) is 10.6. The first-order valence-electron chi connectivity index (χ1n) is 15.5. The van der Waals surface area contributed by atoms with Gasteiger partial charge in [0.15, 0.2) is 0 Å². The van der Waals surface area contributed by atoms with Crippen molar-refractivity contribution in [1.82, 2.24) is 4.90 Å². The fourth-order valence-electron chi connectivity index (χ4n) is 6.31. The molecule has 1 fully saturated rings. The van der Waals surface area contributed by atoms with Gasteiger partial charge in [-0.25, -0.2) is 0 Å². The van der Waals surface area contributed by atoms with Crippen LogP contribution in [0, 0.1) is 16.0 Å². The molecule has 0 bridgehead atoms. The number of nitro benzene ring substituents is 1. The summed E-state index contributed by atoms with van der Waals surface area (Å²) >= 11 is 0. The number of benzene rings is 4. The van der Waals surface area contributed by atoms with Crippen molar-refractivity contribution in [3.05, 3.63) is 130 Å². The maximum absolute atomic E-state index is 13.6. The highest BCUT2D eigenvalue weighted by Crippen LogP contribution is 2.39. The van der Waals surface area contributed by atoms with E-state index < -0.39 is 11.9 Å². The molecule has 232 valence electrons. The molecule has 1 aliphatic rings. The lowest BCUT2D eigenvalue weighted by molar-refractivity contribution is -0.383. The van der Waals surface area contributed by atoms with Gasteiger partial charge in [-0.15, -0.1) is 0 Å². The average Bonchev–Trinajstić information content (AvgIpc) is 3.36. The van der Waals surface area contributed by atoms with Crippen molar-refractivity contribution in [3.63, 3.8) is 0 Å². The number of para-hydroxylation sites is 1. The van der Waals surface area contributed by atoms with Crippen LogP contribution in [0.3, 0.4) is 0 Å². The SMILES string of the molecule is COC(=O)C[C@@H]1C[C@@H](CCN(Cc2ccccc2)c2cccc(-c3ccccc3)c2[N+](=O)[O-])N(CCCc2ccccc2)C1=O. The number of rotatable bonds is 14. The summed E-state index contributed by atoms with van der Waals surface area (Å²) in [7, 11) is 1.34. The molecule has 8 heteroatoms. The van der Waals surface area contributed by atoms with Crippen LogP contribution in [0.15, 0.2) is 109 Å². The number of amides is 1. The summed E-state index contributed by atoms with van der Waals surface area (Å²) in [5.41, 5.74) is 4.19. The number of anilines is 1. The maximum Gasteiger partial charge on any atom is 0.306 e. The van der Waals surface area contributed by atoms with Gasteiger partial charge >= 0.3 is 5.97 Å². The smallest absolute Gasteiger partial charge is 0.306 e. The van der Waals surface area contributed by atoms with Crippen LogP contribution in [-0.2, 0) is 27.3 Å². The van der Waals surface area contributed by atoms with Crippen LogP contribution in [0.5, 0.6) is 0 Å². The van der Waals surface area contributed by atoms with Crippen LogP contribution >= 0.6 is 0 Å². The van der Waals surface area contributed by atoms with Crippen LogP contribution < -0.4 is 4.90 Å². The highest BCUT2D eigenvalue weighted by Gasteiger charge is 2.40. The minimum absolute atomic E-state index is 0.0230. The molecule has 0 aliphatic carbocycles. The summed E-state index contributed by atoms with van der Waals surface area (Å²) in [5.74, 6) is -0.847. The number of carbonyl (C=O) groups excluding carboxylic acids is 2. The van der Waals surface area contributed by atoms with Gasteiger partial charge in [-0.1, -0.05) is 97.1 Å². The molecule has 5 rings (SSSR count). The van der Waals surface area contributed by atoms with Gasteiger partial charge in [0.25, 0.3) is 5.69 Å². The Bertz CT molecular complexity index is 1580. The molecular weight excluding hydrogens is 566 g/mol. The fourth-order valence-corrected chi connectivity index (χ4v) is 6.31. The molecule has 4 aromatic rings. The van der Waals surface area contributed by atoms with Crippen LogP contribution in [0.1, 0.15) is 36.8 Å². The lowest BCUT2D eigenvalue weighted by Crippen LogP contribution is -2.37. The van der Waals surface area contributed by atoms with Crippen molar-refractivity contribution in [2.75, 3.05) is 25.1 Å². The Balaban J connectivity index is 1.42. The molecule has 8 nitrogen and oxygen atoms in total. The fraction of sp³-hybridized carbons (Fsp3) is 0.297. The first-order valence-corrected chi connectivity index (χ1v) is 15.5. The summed E-state index contributed by atoms with van der Waals surface area (Å²) in [6.45, 7) is 1.55. The van der Waals surface area contributed by atoms with E-state index in [4.69, 9.17) is 4.74 Å². The van der Waals surface area contributed by atoms with Crippen molar-refractivity contribution < 1.29 is 19.2 Å². The average molecular weight is 606 g/mol. The Hall–Kier alpha value is -4.98. The highest BCUT2D eigenvalue weighted by atomic mass is 16.6. The van der Waals surface area contributed by atoms with Gasteiger partial charge in [-0.3, -0.25) is 19.7 Å². The Morgan fingerprint density at radius 1 is 0.911 bits per heavy atom. The molecule has 45 heavy (non-hydrogen) atoms. The second-order valence-corrected chi connectivity index (χ2v) is 11.5. The first-order chi connectivity index (χ1) is 21.9. The molecule has 2 atom stereocenters. The summed E-state index contributed by atoms with van der Waals surface area (Å²) in [6.07, 6.45) is 2.85. The van der Waals surface area contributed by atoms with E-state index in [1.165, 1.54) is 12.7 Å². The number of hydrogen-bond donors (Lipinski definition) is 0. The predicted molar refractivity (Wildman–Crippen MR) is 176 cm³/mol. The molecule has 1 saturated heterocycles. The van der Waals surface area contributed by atoms with Crippen molar-refractivity contribution in [1.29, 1.82) is 0 Å². The summed E-state index contributed by atoms with van der Waals surface area (Å²) < 4.78 is 4.89. The van der Waals surface area contributed by atoms with E-state index in [0.717, 1.165) is 24.0 Å². The van der Waals surface area contributed by atoms with Gasteiger partial charge in [0, 0.05) is 25.7 Å². The number of likely N-dealkylation sites (tertiary alicyclic amines) is 1. The van der Waals surface area contributed by atoms with E-state index in [9.17, 15) is 19.7 Å². The van der Waals surface area contributed by atoms with E-state index in [1.54, 1.807) is 6.07 Å². The van der Waals surface area contributed by atoms with Gasteiger partial charge in [-0.05, 0) is 54.5 Å². The third-order valence-electron chi connectivity index (χ3n) is 8.55. The van der Waals surface area contributed by atoms with Crippen molar-refractivity contribution in [2.45, 2.75) is 44.7 Å². The van der Waals surface area contributed by atoms with Gasteiger partial charge in [0.05, 0.1) is 29.9 Å². The van der Waals surface area contributed by atoms with E-state index >= 15 is 0 Å². The number of aryl methyl sites for hydroxylation is 1. The van der Waals surface area contributed by atoms with E-state index in [2.05, 4.69) is 17.0 Å². The minimum atomic E-state index is -0.433. The first kappa shape index (κ1) is 31.4. The second kappa shape index (κ2) is 15.1. The topological polar surface area (TPSA) is 93.0 Å². The summed E-state index contributed by atoms with van der Waals surface area (Å²) in [4.78, 5) is 42.0. The maximum atomic E-state index is 13.6. The Morgan fingerprint density at radius 2 is 1.56 bits per heavy atom. The van der Waals surface area contributed by atoms with E-state index in [0.29, 0.717) is 43.7 Å². The zero-order chi connectivity index (χ0) is 31.6. The predicted octanol–water partition coefficient (Wildman–Crippen LogP) is 7.07. The molecule has 0 spiro atoms. The number of esters is 1. The molecule has 1 amide bonds. The standard InChI is InChI=1S/C37H39N3O5/c1-45-35(41)26-31-25-32(39(37(31)42)23-12-17-28-13-5-2-6-14-28)22-24-38(27-29-15-7-3-8-16-29)34-21-11-20-33(36(34)40(43)44)30-18-9-4-10-19-30/h2-11,13-16,18-21,31-32H,12,17,22-27H2,1H3/t31-,32+/m0/s1. The van der Waals surface area contributed by atoms with Crippen molar-refractivity contribution in [2.24, 2.45) is 5.92 Å². The van der Waals surface area contributed by atoms with Crippen LogP contribution in [0.25, 0.3) is 11.1 Å². The third-order valence-corrected chi connectivity index (χ3v) is 8.55. The highest BCUT2D eigenvalue weighted by molar-refractivity contribution is 5.86. The van der Waals surface area contributed by atoms with E-state index in [-0.39, 0.29) is 29.0 Å². The van der Waals surface area contributed by atoms with Gasteiger partial charge in [-0.2, -0.15) is 0 Å². The third kappa shape index (κ3) is 7.95. The largest absolute Gasteiger partial charge is 0.469 e. The molecule has 0 unspecified atom stereocenters. The van der Waals surface area contributed by atoms with Gasteiger partial charge in [0.2, 0.25) is 5.91 Å². The number of carbonyl (C=O) groups is 2. The molecule has 0 aromatic heterocycles. The number of hydrogen-bond acceptors (Lipinski definition) is 6. The van der Waals surface area contributed by atoms with Crippen LogP contribution in [0.4, 0.5) is 11.4 Å². The molecule has 1 heterocycles. The number of methoxy groups -OCH3 is 1. The van der Waals surface area contributed by atoms with Crippen molar-refractivity contribution in [3.8, 4) is 11.1 Å². The molecule has 0 saturated carbocycles. The van der Waals surface area contributed by atoms with Crippen LogP contribution in [0.2, 0.25) is 0 Å². The molecule has 4 aromatic carbocycles. The second-order valence-electron chi connectivity index (χ2n) is 11.5. The molecule has 0 radical (unpaired) electrons. The lowest BCUT2D eigenvalue weighted by atomic mass is 9.99. The zero-order valence-corrected chi connectivity index (χ0v) is 25.6. The van der Waals surface area contributed by atoms with Crippen LogP contribution in [-0.4, -0.2) is 47.9 Å². The Labute approximate surface area is 264 Å². The van der Waals surface area contributed by atoms with Gasteiger partial charge < -0.3 is 14.5 Å². The van der Waals surface area contributed by atoms with Gasteiger partial charge in [0.1, 0.15) is 5.69 Å². The molecule has 1 aliphatic heterocycles. The number of nitrogens with zero attached hydrogens (tertiary/aromatic N) is 3. The number of ether oxygens (including phenoxy) is 1. The number of nitro groups is 1. The summed E-state index contributed by atoms with van der Waals surface area (Å²) in [5, 5.41) is 12.6. The van der Waals surface area contributed by atoms with E-state index in [1.807, 2.05) is 95.9 Å². The minimum Gasteiger partial charge on any atom is -0.469 e. The quantitative estimate of drug-likeness (QED) is 0.0867. The normalized spacial score (nSPS) is 16.0. The lowest BCUT2D eigenvalue weighted by Gasteiger charge is -2.30.